The summed E-state index contributed by atoms with van der Waals surface area (Å²) in [5.74, 6) is -2.97. The van der Waals surface area contributed by atoms with Crippen LogP contribution in [0.1, 0.15) is 39.2 Å². The van der Waals surface area contributed by atoms with Crippen LogP contribution in [-0.4, -0.2) is 73.9 Å². The first-order valence-corrected chi connectivity index (χ1v) is 12.4. The third-order valence-corrected chi connectivity index (χ3v) is 5.06. The number of rotatable bonds is 16. The normalized spacial score (nSPS) is 12.0. The van der Waals surface area contributed by atoms with Gasteiger partial charge in [0.1, 0.15) is 12.6 Å². The van der Waals surface area contributed by atoms with Crippen LogP contribution in [0.3, 0.4) is 0 Å². The lowest BCUT2D eigenvalue weighted by Gasteiger charge is -2.20. The Balaban J connectivity index is 2.65. The number of hydrogen-bond donors (Lipinski definition) is 6. The second-order valence-electron chi connectivity index (χ2n) is 9.00. The lowest BCUT2D eigenvalue weighted by Crippen LogP contribution is -2.54. The van der Waals surface area contributed by atoms with Gasteiger partial charge in [-0.05, 0) is 37.7 Å². The van der Waals surface area contributed by atoms with Crippen LogP contribution in [0.5, 0.6) is 0 Å². The van der Waals surface area contributed by atoms with Crippen LogP contribution in [0.4, 0.5) is 4.79 Å². The number of ether oxygens (including phenoxy) is 1. The van der Waals surface area contributed by atoms with Gasteiger partial charge in [0.15, 0.2) is 5.96 Å². The Hall–Kier alpha value is -4.16. The molecule has 13 heteroatoms. The van der Waals surface area contributed by atoms with E-state index >= 15 is 0 Å². The number of ketones is 1. The quantitative estimate of drug-likeness (QED) is 0.0694. The first-order valence-electron chi connectivity index (χ1n) is 12.4. The molecular formula is C25H39N7O6. The Bertz CT molecular complexity index is 964. The molecule has 0 bridgehead atoms. The summed E-state index contributed by atoms with van der Waals surface area (Å²) in [5.41, 5.74) is 11.6. The molecule has 1 aromatic carbocycles. The highest BCUT2D eigenvalue weighted by Gasteiger charge is 2.28. The summed E-state index contributed by atoms with van der Waals surface area (Å²) in [4.78, 5) is 65.5. The smallest absolute Gasteiger partial charge is 0.407 e. The fraction of sp³-hybridized carbons (Fsp3) is 0.520. The fourth-order valence-electron chi connectivity index (χ4n) is 3.08. The van der Waals surface area contributed by atoms with Gasteiger partial charge in [-0.25, -0.2) is 4.79 Å². The minimum Gasteiger partial charge on any atom is -0.449 e. The lowest BCUT2D eigenvalue weighted by atomic mass is 10.0. The zero-order valence-corrected chi connectivity index (χ0v) is 22.1. The van der Waals surface area contributed by atoms with Gasteiger partial charge in [0.2, 0.25) is 17.6 Å². The number of amides is 4. The van der Waals surface area contributed by atoms with Crippen LogP contribution in [0.2, 0.25) is 0 Å². The summed E-state index contributed by atoms with van der Waals surface area (Å²) >= 11 is 0. The third kappa shape index (κ3) is 13.8. The fourth-order valence-corrected chi connectivity index (χ4v) is 3.08. The van der Waals surface area contributed by atoms with Gasteiger partial charge in [0, 0.05) is 13.1 Å². The molecule has 0 heterocycles. The zero-order valence-electron chi connectivity index (χ0n) is 22.1. The highest BCUT2D eigenvalue weighted by Crippen LogP contribution is 2.03. The summed E-state index contributed by atoms with van der Waals surface area (Å²) in [7, 11) is 0. The van der Waals surface area contributed by atoms with E-state index in [-0.39, 0.29) is 38.0 Å². The molecule has 0 aliphatic rings. The minimum absolute atomic E-state index is 0.0946. The van der Waals surface area contributed by atoms with E-state index in [2.05, 4.69) is 26.3 Å². The molecule has 1 unspecified atom stereocenters. The van der Waals surface area contributed by atoms with Gasteiger partial charge in [-0.3, -0.25) is 24.2 Å². The number of nitrogens with zero attached hydrogens (tertiary/aromatic N) is 1. The van der Waals surface area contributed by atoms with E-state index in [0.29, 0.717) is 12.8 Å². The molecule has 0 aliphatic carbocycles. The molecule has 1 aromatic rings. The molecule has 0 aromatic heterocycles. The van der Waals surface area contributed by atoms with Gasteiger partial charge < -0.3 is 37.5 Å². The van der Waals surface area contributed by atoms with Gasteiger partial charge in [-0.15, -0.1) is 0 Å². The third-order valence-electron chi connectivity index (χ3n) is 5.06. The molecule has 4 amide bonds. The number of benzene rings is 1. The van der Waals surface area contributed by atoms with Crippen molar-refractivity contribution in [1.29, 1.82) is 0 Å². The summed E-state index contributed by atoms with van der Waals surface area (Å²) < 4.78 is 4.91. The van der Waals surface area contributed by atoms with Crippen molar-refractivity contribution in [3.05, 3.63) is 35.9 Å². The molecule has 2 atom stereocenters. The molecule has 13 nitrogen and oxygen atoms in total. The van der Waals surface area contributed by atoms with Crippen molar-refractivity contribution >= 4 is 35.6 Å². The van der Waals surface area contributed by atoms with Crippen molar-refractivity contribution in [1.82, 2.24) is 21.3 Å². The molecule has 0 spiro atoms. The Morgan fingerprint density at radius 1 is 0.974 bits per heavy atom. The topological polar surface area (TPSA) is 207 Å². The number of aliphatic imine (C=N–C) groups is 1. The molecule has 0 radical (unpaired) electrons. The van der Waals surface area contributed by atoms with Crippen molar-refractivity contribution in [2.24, 2.45) is 22.4 Å². The predicted octanol–water partition coefficient (Wildman–Crippen LogP) is -0.660. The molecule has 0 saturated carbocycles. The second kappa shape index (κ2) is 17.3. The molecule has 8 N–H and O–H groups in total. The van der Waals surface area contributed by atoms with Crippen LogP contribution < -0.4 is 32.7 Å². The predicted molar refractivity (Wildman–Crippen MR) is 142 cm³/mol. The minimum atomic E-state index is -1.16. The van der Waals surface area contributed by atoms with E-state index in [4.69, 9.17) is 16.2 Å². The van der Waals surface area contributed by atoms with E-state index < -0.39 is 48.2 Å². The van der Waals surface area contributed by atoms with Gasteiger partial charge in [0.25, 0.3) is 5.91 Å². The van der Waals surface area contributed by atoms with Crippen molar-refractivity contribution in [2.45, 2.75) is 52.1 Å². The van der Waals surface area contributed by atoms with Crippen molar-refractivity contribution < 1.29 is 28.7 Å². The Labute approximate surface area is 222 Å². The molecule has 0 saturated heterocycles. The number of nitrogens with two attached hydrogens (primary N) is 2. The maximum Gasteiger partial charge on any atom is 0.407 e. The first-order chi connectivity index (χ1) is 18.0. The number of guanidine groups is 1. The molecular weight excluding hydrogens is 494 g/mol. The van der Waals surface area contributed by atoms with E-state index in [1.54, 1.807) is 0 Å². The molecule has 0 aliphatic heterocycles. The first kappa shape index (κ1) is 31.9. The molecule has 0 fully saturated rings. The maximum absolute atomic E-state index is 12.8. The Kier molecular flexibility index (Phi) is 14.5. The number of Topliss-reactive ketones (excluding diaryl/α,β-unsaturated/α-hetero) is 1. The number of carbonyl (C=O) groups is 5. The van der Waals surface area contributed by atoms with Crippen molar-refractivity contribution in [3.63, 3.8) is 0 Å². The summed E-state index contributed by atoms with van der Waals surface area (Å²) in [6.07, 6.45) is 0.186. The number of nitrogens with one attached hydrogen (secondary N) is 4. The molecule has 1 rings (SSSR count). The number of carbonyl (C=O) groups excluding carboxylic acids is 5. The average molecular weight is 534 g/mol. The maximum atomic E-state index is 12.8. The lowest BCUT2D eigenvalue weighted by molar-refractivity contribution is -0.140. The van der Waals surface area contributed by atoms with Gasteiger partial charge in [-0.2, -0.15) is 0 Å². The number of hydrogen-bond acceptors (Lipinski definition) is 7. The second-order valence-corrected chi connectivity index (χ2v) is 9.00. The zero-order chi connectivity index (χ0) is 28.5. The largest absolute Gasteiger partial charge is 0.449 e. The van der Waals surface area contributed by atoms with E-state index in [9.17, 15) is 24.0 Å². The van der Waals surface area contributed by atoms with Crippen molar-refractivity contribution in [2.75, 3.05) is 26.2 Å². The van der Waals surface area contributed by atoms with Crippen LogP contribution in [0.15, 0.2) is 35.3 Å². The van der Waals surface area contributed by atoms with Crippen LogP contribution in [-0.2, 0) is 30.3 Å². The highest BCUT2D eigenvalue weighted by atomic mass is 16.5. The van der Waals surface area contributed by atoms with Gasteiger partial charge in [-0.1, -0.05) is 44.2 Å². The number of alkyl carbamates (subject to hydrolysis) is 1. The van der Waals surface area contributed by atoms with Gasteiger partial charge in [0.05, 0.1) is 12.6 Å². The average Bonchev–Trinajstić information content (AvgIpc) is 2.87. The van der Waals surface area contributed by atoms with Crippen LogP contribution in [0.25, 0.3) is 0 Å². The SMILES string of the molecule is CC(C)COC(=O)NCC(=O)N[C@@H](C)C(=O)NC(CCCN=C(N)N)C(=O)C(=O)NCCc1ccccc1. The van der Waals surface area contributed by atoms with E-state index in [0.717, 1.165) is 5.56 Å². The molecule has 38 heavy (non-hydrogen) atoms. The molecule has 210 valence electrons. The highest BCUT2D eigenvalue weighted by molar-refractivity contribution is 6.38. The summed E-state index contributed by atoms with van der Waals surface area (Å²) in [6, 6.07) is 7.23. The van der Waals surface area contributed by atoms with Crippen molar-refractivity contribution in [3.8, 4) is 0 Å². The summed E-state index contributed by atoms with van der Waals surface area (Å²) in [5, 5.41) is 9.79. The van der Waals surface area contributed by atoms with Crippen LogP contribution >= 0.6 is 0 Å². The standard InChI is InChI=1S/C25H39N7O6/c1-16(2)15-38-25(37)30-14-20(33)31-17(3)22(35)32-19(10-7-12-29-24(26)27)21(34)23(36)28-13-11-18-8-5-4-6-9-18/h4-6,8-9,16-17,19H,7,10-15H2,1-3H3,(H,28,36)(H,30,37)(H,31,33)(H,32,35)(H4,26,27,29)/t17-,19?/m0/s1. The van der Waals surface area contributed by atoms with E-state index in [1.165, 1.54) is 6.92 Å². The van der Waals surface area contributed by atoms with Gasteiger partial charge >= 0.3 is 6.09 Å². The summed E-state index contributed by atoms with van der Waals surface area (Å²) in [6.45, 7) is 5.38. The monoisotopic (exact) mass is 533 g/mol. The van der Waals surface area contributed by atoms with E-state index in [1.807, 2.05) is 44.2 Å². The Morgan fingerprint density at radius 3 is 2.29 bits per heavy atom. The van der Waals surface area contributed by atoms with Crippen LogP contribution in [0, 0.1) is 5.92 Å². The Morgan fingerprint density at radius 2 is 1.66 bits per heavy atom.